The average molecular weight is 401 g/mol. The zero-order chi connectivity index (χ0) is 19.7. The van der Waals surface area contributed by atoms with Crippen LogP contribution in [0.25, 0.3) is 0 Å². The van der Waals surface area contributed by atoms with Crippen LogP contribution < -0.4 is 0 Å². The van der Waals surface area contributed by atoms with Gasteiger partial charge in [-0.05, 0) is 32.3 Å². The molecule has 0 spiro atoms. The highest BCUT2D eigenvalue weighted by Gasteiger charge is 2.30. The van der Waals surface area contributed by atoms with Crippen molar-refractivity contribution in [1.82, 2.24) is 19.6 Å². The Kier molecular flexibility index (Phi) is 5.74. The molecule has 1 saturated carbocycles. The average Bonchev–Trinajstić information content (AvgIpc) is 3.32. The van der Waals surface area contributed by atoms with Gasteiger partial charge in [-0.25, -0.2) is 4.68 Å². The first kappa shape index (κ1) is 19.5. The number of aromatic nitrogens is 2. The Balaban J connectivity index is 1.44. The standard InChI is InChI=1S/C22H29ClN4O/c1-16-7-9-18(10-8-16)15-27-21(23)20(17(2)24-27)22(28)26-13-11-25(12-14-26)19-5-3-4-6-19/h7-10,19H,3-6,11-15H2,1-2H3. The van der Waals surface area contributed by atoms with Gasteiger partial charge in [-0.3, -0.25) is 9.69 Å². The van der Waals surface area contributed by atoms with E-state index in [-0.39, 0.29) is 5.91 Å². The van der Waals surface area contributed by atoms with E-state index in [9.17, 15) is 4.79 Å². The fraction of sp³-hybridized carbons (Fsp3) is 0.545. The maximum absolute atomic E-state index is 13.1. The van der Waals surface area contributed by atoms with Crippen LogP contribution in [0, 0.1) is 13.8 Å². The normalized spacial score (nSPS) is 18.8. The zero-order valence-electron chi connectivity index (χ0n) is 16.8. The van der Waals surface area contributed by atoms with E-state index >= 15 is 0 Å². The summed E-state index contributed by atoms with van der Waals surface area (Å²) in [6.45, 7) is 7.98. The molecule has 1 aliphatic carbocycles. The summed E-state index contributed by atoms with van der Waals surface area (Å²) in [6, 6.07) is 9.03. The van der Waals surface area contributed by atoms with Gasteiger partial charge in [0.25, 0.3) is 5.91 Å². The van der Waals surface area contributed by atoms with Gasteiger partial charge < -0.3 is 4.90 Å². The third-order valence-electron chi connectivity index (χ3n) is 6.17. The highest BCUT2D eigenvalue weighted by Crippen LogP contribution is 2.26. The molecule has 2 aliphatic rings. The van der Waals surface area contributed by atoms with Crippen molar-refractivity contribution >= 4 is 17.5 Å². The smallest absolute Gasteiger partial charge is 0.258 e. The summed E-state index contributed by atoms with van der Waals surface area (Å²) >= 11 is 6.60. The minimum absolute atomic E-state index is 0.0173. The molecule has 0 bridgehead atoms. The van der Waals surface area contributed by atoms with E-state index in [1.807, 2.05) is 11.8 Å². The lowest BCUT2D eigenvalue weighted by Crippen LogP contribution is -2.51. The van der Waals surface area contributed by atoms with Crippen LogP contribution in [0.4, 0.5) is 0 Å². The Labute approximate surface area is 172 Å². The van der Waals surface area contributed by atoms with E-state index in [0.717, 1.165) is 37.8 Å². The number of carbonyl (C=O) groups excluding carboxylic acids is 1. The number of hydrogen-bond acceptors (Lipinski definition) is 3. The molecular weight excluding hydrogens is 372 g/mol. The Morgan fingerprint density at radius 2 is 1.71 bits per heavy atom. The Hall–Kier alpha value is -1.85. The molecule has 5 nitrogen and oxygen atoms in total. The molecule has 2 fully saturated rings. The van der Waals surface area contributed by atoms with Crippen molar-refractivity contribution in [2.24, 2.45) is 0 Å². The van der Waals surface area contributed by atoms with E-state index < -0.39 is 0 Å². The maximum Gasteiger partial charge on any atom is 0.258 e. The molecular formula is C22H29ClN4O. The van der Waals surface area contributed by atoms with Crippen LogP contribution in [0.5, 0.6) is 0 Å². The van der Waals surface area contributed by atoms with Gasteiger partial charge in [0, 0.05) is 32.2 Å². The number of hydrogen-bond donors (Lipinski definition) is 0. The van der Waals surface area contributed by atoms with Crippen LogP contribution in [0.1, 0.15) is 52.9 Å². The second-order valence-corrected chi connectivity index (χ2v) is 8.52. The number of piperazine rings is 1. The molecule has 1 aromatic heterocycles. The van der Waals surface area contributed by atoms with Crippen molar-refractivity contribution in [3.63, 3.8) is 0 Å². The molecule has 1 aromatic carbocycles. The number of benzene rings is 1. The van der Waals surface area contributed by atoms with Gasteiger partial charge in [-0.1, -0.05) is 54.3 Å². The lowest BCUT2D eigenvalue weighted by molar-refractivity contribution is 0.0573. The molecule has 28 heavy (non-hydrogen) atoms. The van der Waals surface area contributed by atoms with Crippen LogP contribution in [-0.2, 0) is 6.54 Å². The Bertz CT molecular complexity index is 831. The predicted molar refractivity (Wildman–Crippen MR) is 112 cm³/mol. The molecule has 0 N–H and O–H groups in total. The second-order valence-electron chi connectivity index (χ2n) is 8.16. The quantitative estimate of drug-likeness (QED) is 0.781. The number of amides is 1. The first-order chi connectivity index (χ1) is 13.5. The molecule has 2 heterocycles. The lowest BCUT2D eigenvalue weighted by Gasteiger charge is -2.38. The van der Waals surface area contributed by atoms with Crippen molar-refractivity contribution in [3.8, 4) is 0 Å². The van der Waals surface area contributed by atoms with Gasteiger partial charge in [-0.15, -0.1) is 0 Å². The van der Waals surface area contributed by atoms with Crippen molar-refractivity contribution < 1.29 is 4.79 Å². The van der Waals surface area contributed by atoms with Crippen molar-refractivity contribution in [2.75, 3.05) is 26.2 Å². The zero-order valence-corrected chi connectivity index (χ0v) is 17.6. The van der Waals surface area contributed by atoms with Crippen molar-refractivity contribution in [2.45, 2.75) is 52.1 Å². The summed E-state index contributed by atoms with van der Waals surface area (Å²) in [5, 5.41) is 4.99. The van der Waals surface area contributed by atoms with Gasteiger partial charge in [0.05, 0.1) is 17.8 Å². The topological polar surface area (TPSA) is 41.4 Å². The van der Waals surface area contributed by atoms with Gasteiger partial charge in [0.15, 0.2) is 0 Å². The highest BCUT2D eigenvalue weighted by molar-refractivity contribution is 6.33. The first-order valence-corrected chi connectivity index (χ1v) is 10.7. The van der Waals surface area contributed by atoms with E-state index in [4.69, 9.17) is 11.6 Å². The van der Waals surface area contributed by atoms with Crippen LogP contribution >= 0.6 is 11.6 Å². The summed E-state index contributed by atoms with van der Waals surface area (Å²) in [5.41, 5.74) is 3.61. The summed E-state index contributed by atoms with van der Waals surface area (Å²) in [6.07, 6.45) is 5.31. The molecule has 1 amide bonds. The van der Waals surface area contributed by atoms with Gasteiger partial charge in [0.2, 0.25) is 0 Å². The molecule has 2 aromatic rings. The van der Waals surface area contributed by atoms with Gasteiger partial charge >= 0.3 is 0 Å². The summed E-state index contributed by atoms with van der Waals surface area (Å²) in [5.74, 6) is 0.0173. The minimum atomic E-state index is 0.0173. The number of aryl methyl sites for hydroxylation is 2. The molecule has 0 radical (unpaired) electrons. The SMILES string of the molecule is Cc1ccc(Cn2nc(C)c(C(=O)N3CCN(C4CCCC4)CC3)c2Cl)cc1. The molecule has 0 atom stereocenters. The fourth-order valence-corrected chi connectivity index (χ4v) is 4.80. The molecule has 4 rings (SSSR count). The third kappa shape index (κ3) is 3.96. The van der Waals surface area contributed by atoms with Crippen LogP contribution in [0.3, 0.4) is 0 Å². The molecule has 0 unspecified atom stereocenters. The van der Waals surface area contributed by atoms with E-state index in [1.165, 1.54) is 31.2 Å². The van der Waals surface area contributed by atoms with E-state index in [1.54, 1.807) is 4.68 Å². The van der Waals surface area contributed by atoms with Gasteiger partial charge in [0.1, 0.15) is 5.15 Å². The molecule has 1 aliphatic heterocycles. The molecule has 150 valence electrons. The summed E-state index contributed by atoms with van der Waals surface area (Å²) in [7, 11) is 0. The number of halogens is 1. The fourth-order valence-electron chi connectivity index (χ4n) is 4.49. The molecule has 1 saturated heterocycles. The van der Waals surface area contributed by atoms with Crippen molar-refractivity contribution in [3.05, 3.63) is 51.8 Å². The lowest BCUT2D eigenvalue weighted by atomic mass is 10.1. The highest BCUT2D eigenvalue weighted by atomic mass is 35.5. The van der Waals surface area contributed by atoms with E-state index in [2.05, 4.69) is 41.2 Å². The largest absolute Gasteiger partial charge is 0.336 e. The first-order valence-electron chi connectivity index (χ1n) is 10.3. The van der Waals surface area contributed by atoms with E-state index in [0.29, 0.717) is 23.0 Å². The van der Waals surface area contributed by atoms with Crippen LogP contribution in [-0.4, -0.2) is 57.7 Å². The second kappa shape index (κ2) is 8.26. The number of nitrogens with zero attached hydrogens (tertiary/aromatic N) is 4. The monoisotopic (exact) mass is 400 g/mol. The maximum atomic E-state index is 13.1. The summed E-state index contributed by atoms with van der Waals surface area (Å²) in [4.78, 5) is 17.7. The van der Waals surface area contributed by atoms with Crippen LogP contribution in [0.15, 0.2) is 24.3 Å². The van der Waals surface area contributed by atoms with Crippen molar-refractivity contribution in [1.29, 1.82) is 0 Å². The van der Waals surface area contributed by atoms with Crippen LogP contribution in [0.2, 0.25) is 5.15 Å². The predicted octanol–water partition coefficient (Wildman–Crippen LogP) is 3.90. The number of carbonyl (C=O) groups is 1. The third-order valence-corrected chi connectivity index (χ3v) is 6.56. The molecule has 6 heteroatoms. The minimum Gasteiger partial charge on any atom is -0.336 e. The summed E-state index contributed by atoms with van der Waals surface area (Å²) < 4.78 is 1.74. The Morgan fingerprint density at radius 3 is 2.36 bits per heavy atom. The van der Waals surface area contributed by atoms with Gasteiger partial charge in [-0.2, -0.15) is 5.10 Å². The Morgan fingerprint density at radius 1 is 1.07 bits per heavy atom. The number of rotatable bonds is 4.